The van der Waals surface area contributed by atoms with Crippen LogP contribution in [-0.4, -0.2) is 41.6 Å². The summed E-state index contributed by atoms with van der Waals surface area (Å²) in [6, 6.07) is 1.77. The molecule has 0 spiro atoms. The fourth-order valence-corrected chi connectivity index (χ4v) is 1.66. The predicted molar refractivity (Wildman–Crippen MR) is 55.6 cm³/mol. The molecule has 1 aliphatic rings. The zero-order valence-electron chi connectivity index (χ0n) is 8.06. The lowest BCUT2D eigenvalue weighted by molar-refractivity contribution is -0.0255. The monoisotopic (exact) mass is 211 g/mol. The van der Waals surface area contributed by atoms with Crippen molar-refractivity contribution in [2.45, 2.75) is 6.10 Å². The molecule has 1 saturated heterocycles. The van der Waals surface area contributed by atoms with E-state index >= 15 is 0 Å². The van der Waals surface area contributed by atoms with Crippen LogP contribution in [0.15, 0.2) is 12.3 Å². The largest absolute Gasteiger partial charge is 0.368 e. The molecule has 1 aromatic rings. The van der Waals surface area contributed by atoms with E-state index < -0.39 is 0 Å². The van der Waals surface area contributed by atoms with Crippen LogP contribution in [-0.2, 0) is 4.74 Å². The van der Waals surface area contributed by atoms with Crippen molar-refractivity contribution in [2.24, 2.45) is 0 Å². The predicted octanol–water partition coefficient (Wildman–Crippen LogP) is 1.14. The van der Waals surface area contributed by atoms with Crippen molar-refractivity contribution in [3.63, 3.8) is 0 Å². The summed E-state index contributed by atoms with van der Waals surface area (Å²) in [6.45, 7) is 2.59. The number of nitrogens with one attached hydrogen (secondary N) is 1. The molecular formula is C9H13N3OS. The third-order valence-corrected chi connectivity index (χ3v) is 2.50. The summed E-state index contributed by atoms with van der Waals surface area (Å²) in [5.74, 6) is 0.823. The molecule has 2 heterocycles. The van der Waals surface area contributed by atoms with Crippen molar-refractivity contribution >= 4 is 12.2 Å². The maximum Gasteiger partial charge on any atom is 0.137 e. The van der Waals surface area contributed by atoms with Crippen molar-refractivity contribution in [1.82, 2.24) is 14.9 Å². The average Bonchev–Trinajstić information content (AvgIpc) is 2.18. The van der Waals surface area contributed by atoms with E-state index in [9.17, 15) is 0 Å². The Bertz CT molecular complexity index is 365. The molecule has 0 aliphatic carbocycles. The summed E-state index contributed by atoms with van der Waals surface area (Å²) in [5, 5.41) is 0. The highest BCUT2D eigenvalue weighted by Crippen LogP contribution is 2.17. The van der Waals surface area contributed by atoms with E-state index in [-0.39, 0.29) is 6.10 Å². The van der Waals surface area contributed by atoms with E-state index in [2.05, 4.69) is 21.9 Å². The lowest BCUT2D eigenvalue weighted by Gasteiger charge is -2.29. The van der Waals surface area contributed by atoms with Gasteiger partial charge in [-0.15, -0.1) is 0 Å². The minimum Gasteiger partial charge on any atom is -0.368 e. The van der Waals surface area contributed by atoms with Crippen LogP contribution in [0.4, 0.5) is 0 Å². The number of hydrogen-bond acceptors (Lipinski definition) is 4. The van der Waals surface area contributed by atoms with Gasteiger partial charge in [-0.2, -0.15) is 0 Å². The first-order valence-electron chi connectivity index (χ1n) is 4.61. The number of likely N-dealkylation sites (N-methyl/N-ethyl adjacent to an activating group) is 1. The third kappa shape index (κ3) is 2.17. The molecule has 5 heteroatoms. The van der Waals surface area contributed by atoms with E-state index in [4.69, 9.17) is 17.0 Å². The lowest BCUT2D eigenvalue weighted by Crippen LogP contribution is -2.36. The summed E-state index contributed by atoms with van der Waals surface area (Å²) in [6.07, 6.45) is 1.74. The molecule has 1 aromatic heterocycles. The normalized spacial score (nSPS) is 23.6. The standard InChI is InChI=1S/C9H13N3OS/c1-12-4-5-13-7(6-12)9-10-3-2-8(14)11-9/h2-3,7H,4-6H2,1H3,(H,10,11,14). The Morgan fingerprint density at radius 3 is 3.29 bits per heavy atom. The minimum absolute atomic E-state index is 0.0247. The zero-order chi connectivity index (χ0) is 9.97. The quantitative estimate of drug-likeness (QED) is 0.707. The van der Waals surface area contributed by atoms with Crippen LogP contribution in [0.25, 0.3) is 0 Å². The molecule has 14 heavy (non-hydrogen) atoms. The molecule has 1 aliphatic heterocycles. The first-order valence-corrected chi connectivity index (χ1v) is 5.02. The summed E-state index contributed by atoms with van der Waals surface area (Å²) in [7, 11) is 2.08. The van der Waals surface area contributed by atoms with E-state index in [1.165, 1.54) is 0 Å². The van der Waals surface area contributed by atoms with Gasteiger partial charge in [0, 0.05) is 19.3 Å². The zero-order valence-corrected chi connectivity index (χ0v) is 8.88. The smallest absolute Gasteiger partial charge is 0.137 e. The van der Waals surface area contributed by atoms with Crippen molar-refractivity contribution in [2.75, 3.05) is 26.7 Å². The van der Waals surface area contributed by atoms with Gasteiger partial charge in [-0.25, -0.2) is 4.98 Å². The van der Waals surface area contributed by atoms with Gasteiger partial charge in [-0.3, -0.25) is 0 Å². The number of aromatic amines is 1. The average molecular weight is 211 g/mol. The van der Waals surface area contributed by atoms with Crippen LogP contribution in [0, 0.1) is 4.64 Å². The number of aromatic nitrogens is 2. The molecule has 0 radical (unpaired) electrons. The Labute approximate surface area is 87.9 Å². The molecule has 0 amide bonds. The summed E-state index contributed by atoms with van der Waals surface area (Å²) < 4.78 is 6.31. The van der Waals surface area contributed by atoms with E-state index in [1.807, 2.05) is 0 Å². The third-order valence-electron chi connectivity index (χ3n) is 2.27. The SMILES string of the molecule is CN1CCOC(c2nccc(=S)[nH]2)C1. The van der Waals surface area contributed by atoms with Crippen LogP contribution >= 0.6 is 12.2 Å². The molecule has 0 bridgehead atoms. The molecular weight excluding hydrogens is 198 g/mol. The second kappa shape index (κ2) is 4.16. The van der Waals surface area contributed by atoms with Crippen molar-refractivity contribution in [3.05, 3.63) is 22.7 Å². The van der Waals surface area contributed by atoms with Gasteiger partial charge in [0.25, 0.3) is 0 Å². The molecule has 2 rings (SSSR count). The highest BCUT2D eigenvalue weighted by atomic mass is 32.1. The molecule has 4 nitrogen and oxygen atoms in total. The van der Waals surface area contributed by atoms with E-state index in [0.717, 1.165) is 25.5 Å². The number of ether oxygens (including phenoxy) is 1. The van der Waals surface area contributed by atoms with Crippen LogP contribution in [0.3, 0.4) is 0 Å². The van der Waals surface area contributed by atoms with Crippen LogP contribution in [0.2, 0.25) is 0 Å². The molecule has 1 unspecified atom stereocenters. The van der Waals surface area contributed by atoms with Gasteiger partial charge in [-0.1, -0.05) is 12.2 Å². The van der Waals surface area contributed by atoms with Crippen molar-refractivity contribution in [1.29, 1.82) is 0 Å². The van der Waals surface area contributed by atoms with Crippen molar-refractivity contribution < 1.29 is 4.74 Å². The van der Waals surface area contributed by atoms with Gasteiger partial charge in [0.1, 0.15) is 16.6 Å². The lowest BCUT2D eigenvalue weighted by atomic mass is 10.2. The van der Waals surface area contributed by atoms with Crippen molar-refractivity contribution in [3.8, 4) is 0 Å². The Morgan fingerprint density at radius 1 is 1.71 bits per heavy atom. The summed E-state index contributed by atoms with van der Waals surface area (Å²) >= 11 is 5.03. The van der Waals surface area contributed by atoms with Gasteiger partial charge < -0.3 is 14.6 Å². The fourth-order valence-electron chi connectivity index (χ4n) is 1.49. The van der Waals surface area contributed by atoms with E-state index in [0.29, 0.717) is 4.64 Å². The number of hydrogen-bond donors (Lipinski definition) is 1. The Morgan fingerprint density at radius 2 is 2.57 bits per heavy atom. The summed E-state index contributed by atoms with van der Waals surface area (Å²) in [5.41, 5.74) is 0. The van der Waals surface area contributed by atoms with Gasteiger partial charge in [-0.05, 0) is 13.1 Å². The Kier molecular flexibility index (Phi) is 2.90. The van der Waals surface area contributed by atoms with Gasteiger partial charge in [0.2, 0.25) is 0 Å². The van der Waals surface area contributed by atoms with Gasteiger partial charge in [0.15, 0.2) is 0 Å². The van der Waals surface area contributed by atoms with Gasteiger partial charge in [0.05, 0.1) is 6.61 Å². The Balaban J connectivity index is 2.18. The maximum absolute atomic E-state index is 5.61. The first kappa shape index (κ1) is 9.76. The van der Waals surface area contributed by atoms with Crippen LogP contribution < -0.4 is 0 Å². The molecule has 1 N–H and O–H groups in total. The van der Waals surface area contributed by atoms with Crippen LogP contribution in [0.5, 0.6) is 0 Å². The van der Waals surface area contributed by atoms with Crippen LogP contribution in [0.1, 0.15) is 11.9 Å². The fraction of sp³-hybridized carbons (Fsp3) is 0.556. The first-order chi connectivity index (χ1) is 6.75. The van der Waals surface area contributed by atoms with Gasteiger partial charge >= 0.3 is 0 Å². The molecule has 76 valence electrons. The number of rotatable bonds is 1. The number of morpholine rings is 1. The highest BCUT2D eigenvalue weighted by Gasteiger charge is 2.20. The highest BCUT2D eigenvalue weighted by molar-refractivity contribution is 7.71. The van der Waals surface area contributed by atoms with E-state index in [1.54, 1.807) is 12.3 Å². The Hall–Kier alpha value is -0.780. The molecule has 0 aromatic carbocycles. The molecule has 1 atom stereocenters. The molecule has 1 fully saturated rings. The maximum atomic E-state index is 5.61. The molecule has 0 saturated carbocycles. The topological polar surface area (TPSA) is 41.1 Å². The second-order valence-corrected chi connectivity index (χ2v) is 3.88. The second-order valence-electron chi connectivity index (χ2n) is 3.44. The number of H-pyrrole nitrogens is 1. The summed E-state index contributed by atoms with van der Waals surface area (Å²) in [4.78, 5) is 9.50. The number of nitrogens with zero attached hydrogens (tertiary/aromatic N) is 2. The minimum atomic E-state index is 0.0247.